The molecule has 0 spiro atoms. The fraction of sp³-hybridized carbons (Fsp3) is 0.316. The van der Waals surface area contributed by atoms with Gasteiger partial charge in [0.1, 0.15) is 0 Å². The van der Waals surface area contributed by atoms with Crippen LogP contribution in [0.5, 0.6) is 0 Å². The van der Waals surface area contributed by atoms with Gasteiger partial charge in [-0.05, 0) is 54.8 Å². The van der Waals surface area contributed by atoms with E-state index in [0.717, 1.165) is 12.0 Å². The second kappa shape index (κ2) is 8.18. The van der Waals surface area contributed by atoms with Gasteiger partial charge in [-0.25, -0.2) is 13.1 Å². The topological polar surface area (TPSA) is 105 Å². The molecule has 1 aliphatic rings. The molecule has 3 rings (SSSR count). The number of anilines is 1. The van der Waals surface area contributed by atoms with E-state index in [1.54, 1.807) is 12.1 Å². The molecule has 2 atom stereocenters. The van der Waals surface area contributed by atoms with Gasteiger partial charge in [-0.15, -0.1) is 0 Å². The zero-order chi connectivity index (χ0) is 19.4. The van der Waals surface area contributed by atoms with Crippen molar-refractivity contribution in [2.24, 2.45) is 0 Å². The maximum atomic E-state index is 12.4. The van der Waals surface area contributed by atoms with Gasteiger partial charge in [0.15, 0.2) is 6.29 Å². The van der Waals surface area contributed by atoms with Crippen LogP contribution in [0.4, 0.5) is 5.69 Å². The number of sulfonamides is 1. The van der Waals surface area contributed by atoms with Crippen LogP contribution in [0.2, 0.25) is 0 Å². The number of hydrogen-bond acceptors (Lipinski definition) is 5. The summed E-state index contributed by atoms with van der Waals surface area (Å²) in [7, 11) is -3.78. The number of carbonyl (C=O) groups is 1. The summed E-state index contributed by atoms with van der Waals surface area (Å²) in [6.45, 7) is 2.35. The van der Waals surface area contributed by atoms with E-state index < -0.39 is 22.4 Å². The molecule has 0 radical (unpaired) electrons. The quantitative estimate of drug-likeness (QED) is 0.699. The summed E-state index contributed by atoms with van der Waals surface area (Å²) in [5, 5.41) is 12.3. The fourth-order valence-electron chi connectivity index (χ4n) is 2.77. The third kappa shape index (κ3) is 4.72. The summed E-state index contributed by atoms with van der Waals surface area (Å²) in [6.07, 6.45) is 0.166. The zero-order valence-corrected chi connectivity index (χ0v) is 15.7. The Morgan fingerprint density at radius 3 is 2.37 bits per heavy atom. The van der Waals surface area contributed by atoms with Gasteiger partial charge in [0, 0.05) is 11.3 Å². The van der Waals surface area contributed by atoms with Crippen molar-refractivity contribution in [1.82, 2.24) is 4.72 Å². The van der Waals surface area contributed by atoms with E-state index in [-0.39, 0.29) is 10.8 Å². The van der Waals surface area contributed by atoms with Crippen LogP contribution in [-0.2, 0) is 21.2 Å². The lowest BCUT2D eigenvalue weighted by molar-refractivity contribution is -0.0686. The normalized spacial score (nSPS) is 19.8. The average molecular weight is 390 g/mol. The van der Waals surface area contributed by atoms with Crippen molar-refractivity contribution in [3.63, 3.8) is 0 Å². The largest absolute Gasteiger partial charge is 0.367 e. The fourth-order valence-corrected chi connectivity index (χ4v) is 4.03. The molecular weight excluding hydrogens is 368 g/mol. The van der Waals surface area contributed by atoms with Gasteiger partial charge in [-0.2, -0.15) is 0 Å². The second-order valence-corrected chi connectivity index (χ2v) is 8.02. The number of aliphatic hydroxyl groups is 1. The van der Waals surface area contributed by atoms with Crippen LogP contribution in [0, 0.1) is 0 Å². The Bertz CT molecular complexity index is 895. The van der Waals surface area contributed by atoms with Crippen molar-refractivity contribution in [2.75, 3.05) is 11.9 Å². The van der Waals surface area contributed by atoms with Crippen molar-refractivity contribution in [2.45, 2.75) is 37.0 Å². The lowest BCUT2D eigenvalue weighted by Crippen LogP contribution is -2.40. The van der Waals surface area contributed by atoms with Gasteiger partial charge >= 0.3 is 0 Å². The Morgan fingerprint density at radius 2 is 1.81 bits per heavy atom. The number of benzene rings is 2. The first-order chi connectivity index (χ1) is 12.9. The Morgan fingerprint density at radius 1 is 1.15 bits per heavy atom. The van der Waals surface area contributed by atoms with E-state index in [1.165, 1.54) is 24.3 Å². The smallest absolute Gasteiger partial charge is 0.255 e. The molecule has 7 nitrogen and oxygen atoms in total. The molecule has 1 saturated heterocycles. The molecule has 0 aromatic heterocycles. The maximum absolute atomic E-state index is 12.4. The molecule has 1 amide bonds. The van der Waals surface area contributed by atoms with E-state index in [1.807, 2.05) is 19.1 Å². The minimum absolute atomic E-state index is 0.0481. The lowest BCUT2D eigenvalue weighted by atomic mass is 10.1. The van der Waals surface area contributed by atoms with Crippen LogP contribution in [0.3, 0.4) is 0 Å². The van der Waals surface area contributed by atoms with Gasteiger partial charge in [0.2, 0.25) is 10.0 Å². The molecule has 27 heavy (non-hydrogen) atoms. The Kier molecular flexibility index (Phi) is 5.91. The van der Waals surface area contributed by atoms with Crippen LogP contribution in [0.1, 0.15) is 29.3 Å². The van der Waals surface area contributed by atoms with Gasteiger partial charge in [0.25, 0.3) is 5.91 Å². The highest BCUT2D eigenvalue weighted by atomic mass is 32.2. The predicted octanol–water partition coefficient (Wildman–Crippen LogP) is 1.89. The third-order valence-corrected chi connectivity index (χ3v) is 5.92. The summed E-state index contributed by atoms with van der Waals surface area (Å²) in [4.78, 5) is 12.3. The van der Waals surface area contributed by atoms with Crippen LogP contribution < -0.4 is 10.0 Å². The standard InChI is InChI=1S/C19H22N2O5S/c1-2-13-3-5-14(6-4-13)18(22)20-15-7-9-16(10-8-15)27(24,25)21-17-11-12-26-19(17)23/h3-10,17,19,21,23H,2,11-12H2,1H3,(H,20,22)/t17-,19-/m0/s1. The Labute approximate surface area is 158 Å². The van der Waals surface area contributed by atoms with E-state index in [4.69, 9.17) is 4.74 Å². The number of aliphatic hydroxyl groups excluding tert-OH is 1. The molecule has 8 heteroatoms. The zero-order valence-electron chi connectivity index (χ0n) is 14.9. The summed E-state index contributed by atoms with van der Waals surface area (Å²) in [5.41, 5.74) is 2.16. The molecule has 144 valence electrons. The first-order valence-corrected chi connectivity index (χ1v) is 10.2. The molecule has 1 heterocycles. The van der Waals surface area contributed by atoms with Crippen molar-refractivity contribution < 1.29 is 23.1 Å². The number of amides is 1. The minimum Gasteiger partial charge on any atom is -0.367 e. The van der Waals surface area contributed by atoms with Gasteiger partial charge < -0.3 is 15.2 Å². The number of carbonyl (C=O) groups excluding carboxylic acids is 1. The van der Waals surface area contributed by atoms with E-state index >= 15 is 0 Å². The molecule has 2 aromatic rings. The van der Waals surface area contributed by atoms with E-state index in [0.29, 0.717) is 24.3 Å². The molecule has 0 bridgehead atoms. The highest BCUT2D eigenvalue weighted by molar-refractivity contribution is 7.89. The molecule has 1 fully saturated rings. The van der Waals surface area contributed by atoms with Gasteiger partial charge in [0.05, 0.1) is 17.5 Å². The first-order valence-electron chi connectivity index (χ1n) is 8.71. The van der Waals surface area contributed by atoms with Crippen LogP contribution >= 0.6 is 0 Å². The van der Waals surface area contributed by atoms with Crippen molar-refractivity contribution in [3.05, 3.63) is 59.7 Å². The number of ether oxygens (including phenoxy) is 1. The van der Waals surface area contributed by atoms with Crippen LogP contribution in [0.25, 0.3) is 0 Å². The van der Waals surface area contributed by atoms with Crippen molar-refractivity contribution in [1.29, 1.82) is 0 Å². The van der Waals surface area contributed by atoms with Crippen LogP contribution in [-0.4, -0.2) is 38.4 Å². The van der Waals surface area contributed by atoms with Gasteiger partial charge in [-0.1, -0.05) is 19.1 Å². The number of hydrogen-bond donors (Lipinski definition) is 3. The number of aryl methyl sites for hydroxylation is 1. The lowest BCUT2D eigenvalue weighted by Gasteiger charge is -2.15. The highest BCUT2D eigenvalue weighted by Gasteiger charge is 2.30. The van der Waals surface area contributed by atoms with E-state index in [2.05, 4.69) is 10.0 Å². The van der Waals surface area contributed by atoms with Crippen molar-refractivity contribution >= 4 is 21.6 Å². The molecule has 0 saturated carbocycles. The van der Waals surface area contributed by atoms with Gasteiger partial charge in [-0.3, -0.25) is 4.79 Å². The Hall–Kier alpha value is -2.26. The number of nitrogens with one attached hydrogen (secondary N) is 2. The average Bonchev–Trinajstić information content (AvgIpc) is 3.06. The molecule has 3 N–H and O–H groups in total. The predicted molar refractivity (Wildman–Crippen MR) is 101 cm³/mol. The molecule has 1 aliphatic heterocycles. The summed E-state index contributed by atoms with van der Waals surface area (Å²) in [5.74, 6) is -0.266. The van der Waals surface area contributed by atoms with Crippen LogP contribution in [0.15, 0.2) is 53.4 Å². The SMILES string of the molecule is CCc1ccc(C(=O)Nc2ccc(S(=O)(=O)N[C@H]3CCO[C@@H]3O)cc2)cc1. The summed E-state index contributed by atoms with van der Waals surface area (Å²) in [6, 6.07) is 12.5. The summed E-state index contributed by atoms with van der Waals surface area (Å²) >= 11 is 0. The molecule has 0 aliphatic carbocycles. The molecule has 0 unspecified atom stereocenters. The maximum Gasteiger partial charge on any atom is 0.255 e. The monoisotopic (exact) mass is 390 g/mol. The van der Waals surface area contributed by atoms with Crippen molar-refractivity contribution in [3.8, 4) is 0 Å². The number of rotatable bonds is 6. The second-order valence-electron chi connectivity index (χ2n) is 6.31. The van der Waals surface area contributed by atoms with E-state index in [9.17, 15) is 18.3 Å². The Balaban J connectivity index is 1.66. The third-order valence-electron chi connectivity index (χ3n) is 4.42. The molecular formula is C19H22N2O5S. The highest BCUT2D eigenvalue weighted by Crippen LogP contribution is 2.18. The molecule has 2 aromatic carbocycles. The summed E-state index contributed by atoms with van der Waals surface area (Å²) < 4.78 is 32.1. The first kappa shape index (κ1) is 19.5. The minimum atomic E-state index is -3.78.